The number of aromatic nitrogens is 2. The number of rotatable bonds is 4. The zero-order valence-electron chi connectivity index (χ0n) is 15.7. The molecule has 0 saturated carbocycles. The molecule has 2 bridgehead atoms. The standard InChI is InChI=1S/C18H19N7O4/c1-2-19-17(26)13-3-4-14-16(21-13)24(12-6-8-23(14)10-12)18(27)22-15-9-11(25(28)29)5-7-20-15/h3-5,7,9,12H,2,6,8,10H2,1H3,(H,19,26)(H,20,22,27). The molecule has 29 heavy (non-hydrogen) atoms. The number of nitro groups is 1. The summed E-state index contributed by atoms with van der Waals surface area (Å²) in [5.41, 5.74) is 0.825. The first-order valence-corrected chi connectivity index (χ1v) is 9.22. The van der Waals surface area contributed by atoms with E-state index < -0.39 is 11.0 Å². The molecule has 0 radical (unpaired) electrons. The van der Waals surface area contributed by atoms with Crippen molar-refractivity contribution in [3.8, 4) is 0 Å². The summed E-state index contributed by atoms with van der Waals surface area (Å²) in [6.45, 7) is 3.71. The normalized spacial score (nSPS) is 16.9. The van der Waals surface area contributed by atoms with Gasteiger partial charge >= 0.3 is 6.03 Å². The first-order chi connectivity index (χ1) is 14.0. The fourth-order valence-corrected chi connectivity index (χ4v) is 3.62. The second kappa shape index (κ2) is 7.34. The van der Waals surface area contributed by atoms with E-state index in [1.165, 1.54) is 23.2 Å². The fourth-order valence-electron chi connectivity index (χ4n) is 3.62. The third kappa shape index (κ3) is 3.42. The molecule has 2 N–H and O–H groups in total. The van der Waals surface area contributed by atoms with E-state index in [1.807, 2.05) is 6.92 Å². The van der Waals surface area contributed by atoms with Gasteiger partial charge in [-0.25, -0.2) is 14.8 Å². The lowest BCUT2D eigenvalue weighted by atomic mass is 10.1. The van der Waals surface area contributed by atoms with Crippen LogP contribution in [-0.4, -0.2) is 52.5 Å². The van der Waals surface area contributed by atoms with Gasteiger partial charge in [-0.1, -0.05) is 0 Å². The molecule has 4 heterocycles. The van der Waals surface area contributed by atoms with Gasteiger partial charge in [0.25, 0.3) is 11.6 Å². The second-order valence-corrected chi connectivity index (χ2v) is 6.74. The number of urea groups is 1. The Kier molecular flexibility index (Phi) is 4.71. The molecule has 1 saturated heterocycles. The van der Waals surface area contributed by atoms with Gasteiger partial charge in [-0.2, -0.15) is 0 Å². The molecular formula is C18H19N7O4. The van der Waals surface area contributed by atoms with Gasteiger partial charge in [0.05, 0.1) is 22.7 Å². The van der Waals surface area contributed by atoms with Crippen molar-refractivity contribution in [2.24, 2.45) is 0 Å². The number of carbonyl (C=O) groups is 2. The number of fused-ring (bicyclic) bond motifs is 4. The highest BCUT2D eigenvalue weighted by Crippen LogP contribution is 2.39. The number of hydrogen-bond acceptors (Lipinski definition) is 7. The van der Waals surface area contributed by atoms with Crippen molar-refractivity contribution in [1.82, 2.24) is 15.3 Å². The van der Waals surface area contributed by atoms with Gasteiger partial charge in [-0.15, -0.1) is 0 Å². The molecule has 2 aromatic rings. The number of nitrogens with one attached hydrogen (secondary N) is 2. The quantitative estimate of drug-likeness (QED) is 0.593. The van der Waals surface area contributed by atoms with Crippen LogP contribution in [0.3, 0.4) is 0 Å². The third-order valence-corrected chi connectivity index (χ3v) is 4.93. The largest absolute Gasteiger partial charge is 0.366 e. The van der Waals surface area contributed by atoms with Crippen LogP contribution in [0, 0.1) is 10.1 Å². The number of pyridine rings is 2. The van der Waals surface area contributed by atoms with Gasteiger partial charge in [-0.05, 0) is 25.5 Å². The highest BCUT2D eigenvalue weighted by Gasteiger charge is 2.40. The molecule has 0 aromatic carbocycles. The van der Waals surface area contributed by atoms with E-state index in [0.29, 0.717) is 18.9 Å². The smallest absolute Gasteiger partial charge is 0.329 e. The van der Waals surface area contributed by atoms with Gasteiger partial charge in [0, 0.05) is 31.9 Å². The molecule has 2 aliphatic heterocycles. The Morgan fingerprint density at radius 1 is 1.34 bits per heavy atom. The van der Waals surface area contributed by atoms with Gasteiger partial charge in [0.1, 0.15) is 11.5 Å². The molecule has 150 valence electrons. The van der Waals surface area contributed by atoms with Gasteiger partial charge in [0.15, 0.2) is 5.82 Å². The lowest BCUT2D eigenvalue weighted by Crippen LogP contribution is -2.48. The highest BCUT2D eigenvalue weighted by atomic mass is 16.6. The highest BCUT2D eigenvalue weighted by molar-refractivity contribution is 6.05. The molecule has 1 unspecified atom stereocenters. The zero-order chi connectivity index (χ0) is 20.5. The Labute approximate surface area is 165 Å². The molecule has 1 atom stereocenters. The zero-order valence-corrected chi connectivity index (χ0v) is 15.7. The third-order valence-electron chi connectivity index (χ3n) is 4.93. The maximum atomic E-state index is 13.1. The molecule has 2 aromatic heterocycles. The van der Waals surface area contributed by atoms with Crippen LogP contribution in [0.25, 0.3) is 0 Å². The van der Waals surface area contributed by atoms with Crippen LogP contribution >= 0.6 is 0 Å². The number of anilines is 3. The molecule has 0 spiro atoms. The van der Waals surface area contributed by atoms with E-state index in [1.54, 1.807) is 12.1 Å². The average Bonchev–Trinajstić information content (AvgIpc) is 3.12. The van der Waals surface area contributed by atoms with Crippen molar-refractivity contribution in [3.05, 3.63) is 46.3 Å². The SMILES string of the molecule is CCNC(=O)c1ccc2c(n1)N(C(=O)Nc1cc([N+](=O)[O-])ccn1)C1CCN2C1. The lowest BCUT2D eigenvalue weighted by Gasteiger charge is -2.35. The number of nitrogens with zero attached hydrogens (tertiary/aromatic N) is 5. The summed E-state index contributed by atoms with van der Waals surface area (Å²) in [6, 6.07) is 5.27. The van der Waals surface area contributed by atoms with Crippen molar-refractivity contribution in [2.75, 3.05) is 34.8 Å². The summed E-state index contributed by atoms with van der Waals surface area (Å²) in [5, 5.41) is 16.3. The van der Waals surface area contributed by atoms with E-state index in [9.17, 15) is 19.7 Å². The predicted molar refractivity (Wildman–Crippen MR) is 105 cm³/mol. The van der Waals surface area contributed by atoms with Crippen molar-refractivity contribution < 1.29 is 14.5 Å². The molecule has 4 rings (SSSR count). The van der Waals surface area contributed by atoms with Crippen LogP contribution < -0.4 is 20.4 Å². The molecule has 0 aliphatic carbocycles. The second-order valence-electron chi connectivity index (χ2n) is 6.74. The average molecular weight is 397 g/mol. The van der Waals surface area contributed by atoms with E-state index in [4.69, 9.17) is 0 Å². The minimum Gasteiger partial charge on any atom is -0.366 e. The van der Waals surface area contributed by atoms with Crippen LogP contribution in [0.1, 0.15) is 23.8 Å². The Morgan fingerprint density at radius 2 is 2.17 bits per heavy atom. The summed E-state index contributed by atoms with van der Waals surface area (Å²) in [7, 11) is 0. The maximum absolute atomic E-state index is 13.1. The predicted octanol–water partition coefficient (Wildman–Crippen LogP) is 1.77. The molecule has 3 amide bonds. The van der Waals surface area contributed by atoms with Crippen molar-refractivity contribution in [2.45, 2.75) is 19.4 Å². The van der Waals surface area contributed by atoms with Crippen molar-refractivity contribution in [1.29, 1.82) is 0 Å². The summed E-state index contributed by atoms with van der Waals surface area (Å²) < 4.78 is 0. The number of hydrogen-bond donors (Lipinski definition) is 2. The van der Waals surface area contributed by atoms with Crippen molar-refractivity contribution in [3.63, 3.8) is 0 Å². The van der Waals surface area contributed by atoms with Crippen LogP contribution in [0.2, 0.25) is 0 Å². The molecule has 2 aliphatic rings. The monoisotopic (exact) mass is 397 g/mol. The first kappa shape index (κ1) is 18.6. The summed E-state index contributed by atoms with van der Waals surface area (Å²) >= 11 is 0. The van der Waals surface area contributed by atoms with E-state index in [-0.39, 0.29) is 29.1 Å². The maximum Gasteiger partial charge on any atom is 0.329 e. The summed E-state index contributed by atoms with van der Waals surface area (Å²) in [4.78, 5) is 47.7. The Bertz CT molecular complexity index is 996. The summed E-state index contributed by atoms with van der Waals surface area (Å²) in [6.07, 6.45) is 2.02. The molecule has 11 nitrogen and oxygen atoms in total. The minimum absolute atomic E-state index is 0.0751. The molecule has 11 heteroatoms. The number of amides is 3. The van der Waals surface area contributed by atoms with Gasteiger partial charge < -0.3 is 10.2 Å². The first-order valence-electron chi connectivity index (χ1n) is 9.22. The topological polar surface area (TPSA) is 134 Å². The summed E-state index contributed by atoms with van der Waals surface area (Å²) in [5.74, 6) is 0.153. The molecular weight excluding hydrogens is 378 g/mol. The Morgan fingerprint density at radius 3 is 2.93 bits per heavy atom. The van der Waals surface area contributed by atoms with E-state index in [0.717, 1.165) is 18.7 Å². The van der Waals surface area contributed by atoms with Crippen LogP contribution in [-0.2, 0) is 0 Å². The molecule has 1 fully saturated rings. The van der Waals surface area contributed by atoms with E-state index >= 15 is 0 Å². The van der Waals surface area contributed by atoms with Crippen LogP contribution in [0.15, 0.2) is 30.5 Å². The Balaban J connectivity index is 1.66. The van der Waals surface area contributed by atoms with E-state index in [2.05, 4.69) is 25.5 Å². The van der Waals surface area contributed by atoms with Crippen LogP contribution in [0.5, 0.6) is 0 Å². The van der Waals surface area contributed by atoms with Gasteiger partial charge in [0.2, 0.25) is 0 Å². The number of carbonyl (C=O) groups excluding carboxylic acids is 2. The minimum atomic E-state index is -0.553. The lowest BCUT2D eigenvalue weighted by molar-refractivity contribution is -0.384. The fraction of sp³-hybridized carbons (Fsp3) is 0.333. The van der Waals surface area contributed by atoms with Crippen LogP contribution in [0.4, 0.5) is 27.8 Å². The van der Waals surface area contributed by atoms with Crippen molar-refractivity contribution >= 4 is 34.9 Å². The Hall–Kier alpha value is -3.76. The van der Waals surface area contributed by atoms with Gasteiger partial charge in [-0.3, -0.25) is 25.1 Å².